The summed E-state index contributed by atoms with van der Waals surface area (Å²) < 4.78 is 5.92. The Morgan fingerprint density at radius 2 is 2.08 bits per heavy atom. The number of aliphatic imine (C=N–C) groups is 1. The lowest BCUT2D eigenvalue weighted by Gasteiger charge is -2.09. The van der Waals surface area contributed by atoms with Crippen LogP contribution in [-0.4, -0.2) is 17.5 Å². The Balaban J connectivity index is 1.71. The van der Waals surface area contributed by atoms with Gasteiger partial charge >= 0.3 is 0 Å². The van der Waals surface area contributed by atoms with Gasteiger partial charge in [-0.1, -0.05) is 18.2 Å². The van der Waals surface area contributed by atoms with Crippen LogP contribution in [-0.2, 0) is 13.1 Å². The quantitative estimate of drug-likeness (QED) is 0.547. The fourth-order valence-corrected chi connectivity index (χ4v) is 3.24. The molecule has 5 nitrogen and oxygen atoms in total. The molecule has 3 rings (SSSR count). The van der Waals surface area contributed by atoms with Gasteiger partial charge in [0.05, 0.1) is 6.54 Å². The Kier molecular flexibility index (Phi) is 5.15. The molecular formula is C18H22N4OS. The van der Waals surface area contributed by atoms with E-state index in [1.54, 1.807) is 11.3 Å². The normalized spacial score (nSPS) is 11.9. The number of aryl methyl sites for hydroxylation is 2. The predicted molar refractivity (Wildman–Crippen MR) is 99.5 cm³/mol. The smallest absolute Gasteiger partial charge is 0.192 e. The lowest BCUT2D eigenvalue weighted by atomic mass is 10.1. The van der Waals surface area contributed by atoms with E-state index in [9.17, 15) is 0 Å². The summed E-state index contributed by atoms with van der Waals surface area (Å²) in [5.41, 5.74) is 2.07. The average Bonchev–Trinajstić information content (AvgIpc) is 3.14. The summed E-state index contributed by atoms with van der Waals surface area (Å²) in [6.07, 6.45) is 1.89. The Labute approximate surface area is 145 Å². The summed E-state index contributed by atoms with van der Waals surface area (Å²) in [5.74, 6) is 1.67. The van der Waals surface area contributed by atoms with E-state index in [0.29, 0.717) is 13.1 Å². The minimum Gasteiger partial charge on any atom is -0.459 e. The van der Waals surface area contributed by atoms with Crippen LogP contribution in [0.25, 0.3) is 11.0 Å². The van der Waals surface area contributed by atoms with Crippen LogP contribution in [0.15, 0.2) is 39.9 Å². The zero-order chi connectivity index (χ0) is 16.9. The molecule has 0 fully saturated rings. The first-order valence-corrected chi connectivity index (χ1v) is 8.89. The Morgan fingerprint density at radius 3 is 2.79 bits per heavy atom. The van der Waals surface area contributed by atoms with E-state index in [1.165, 1.54) is 4.88 Å². The number of thiazole rings is 1. The van der Waals surface area contributed by atoms with Crippen LogP contribution in [0.4, 0.5) is 0 Å². The van der Waals surface area contributed by atoms with Crippen LogP contribution in [0, 0.1) is 13.8 Å². The lowest BCUT2D eigenvalue weighted by molar-refractivity contribution is 0.548. The molecule has 126 valence electrons. The molecule has 2 N–H and O–H groups in total. The first-order chi connectivity index (χ1) is 11.7. The van der Waals surface area contributed by atoms with Gasteiger partial charge in [-0.3, -0.25) is 0 Å². The molecule has 0 aliphatic rings. The molecular weight excluding hydrogens is 320 g/mol. The molecule has 0 saturated carbocycles. The van der Waals surface area contributed by atoms with Crippen LogP contribution in [0.2, 0.25) is 0 Å². The second-order valence-corrected chi connectivity index (χ2v) is 6.88. The van der Waals surface area contributed by atoms with Gasteiger partial charge < -0.3 is 15.1 Å². The fourth-order valence-electron chi connectivity index (χ4n) is 2.51. The highest BCUT2D eigenvalue weighted by Crippen LogP contribution is 2.25. The van der Waals surface area contributed by atoms with E-state index in [0.717, 1.165) is 39.8 Å². The molecule has 0 atom stereocenters. The van der Waals surface area contributed by atoms with Crippen molar-refractivity contribution < 1.29 is 4.42 Å². The van der Waals surface area contributed by atoms with Crippen LogP contribution >= 0.6 is 11.3 Å². The molecule has 0 unspecified atom stereocenters. The number of rotatable bonds is 5. The third kappa shape index (κ3) is 3.76. The molecule has 0 spiro atoms. The highest BCUT2D eigenvalue weighted by atomic mass is 32.1. The second-order valence-electron chi connectivity index (χ2n) is 5.56. The molecule has 0 amide bonds. The van der Waals surface area contributed by atoms with Crippen molar-refractivity contribution in [2.24, 2.45) is 4.99 Å². The zero-order valence-corrected chi connectivity index (χ0v) is 15.0. The van der Waals surface area contributed by atoms with Crippen molar-refractivity contribution in [3.8, 4) is 0 Å². The standard InChI is InChI=1S/C18H22N4OS/c1-4-19-18(22-11-17-20-9-12(2)24-17)21-10-16-13(3)14-7-5-6-8-15(14)23-16/h5-9H,4,10-11H2,1-3H3,(H2,19,21,22). The summed E-state index contributed by atoms with van der Waals surface area (Å²) in [5, 5.41) is 8.78. The molecule has 0 aliphatic carbocycles. The van der Waals surface area contributed by atoms with Crippen LogP contribution < -0.4 is 10.6 Å². The van der Waals surface area contributed by atoms with E-state index in [-0.39, 0.29) is 0 Å². The van der Waals surface area contributed by atoms with Crippen molar-refractivity contribution in [3.05, 3.63) is 51.7 Å². The SMILES string of the molecule is CCNC(=NCc1oc2ccccc2c1C)NCc1ncc(C)s1. The van der Waals surface area contributed by atoms with E-state index < -0.39 is 0 Å². The van der Waals surface area contributed by atoms with E-state index >= 15 is 0 Å². The minimum absolute atomic E-state index is 0.507. The number of aromatic nitrogens is 1. The molecule has 24 heavy (non-hydrogen) atoms. The van der Waals surface area contributed by atoms with Crippen molar-refractivity contribution in [3.63, 3.8) is 0 Å². The summed E-state index contributed by atoms with van der Waals surface area (Å²) in [6.45, 7) is 8.18. The van der Waals surface area contributed by atoms with Crippen molar-refractivity contribution >= 4 is 28.3 Å². The molecule has 1 aromatic carbocycles. The molecule has 0 saturated heterocycles. The van der Waals surface area contributed by atoms with Gasteiger partial charge in [0.1, 0.15) is 22.9 Å². The lowest BCUT2D eigenvalue weighted by Crippen LogP contribution is -2.36. The maximum Gasteiger partial charge on any atom is 0.192 e. The van der Waals surface area contributed by atoms with Crippen molar-refractivity contribution in [1.29, 1.82) is 0 Å². The highest BCUT2D eigenvalue weighted by molar-refractivity contribution is 7.11. The first kappa shape index (κ1) is 16.5. The predicted octanol–water partition coefficient (Wildman–Crippen LogP) is 3.76. The molecule has 2 aromatic heterocycles. The van der Waals surface area contributed by atoms with Crippen LogP contribution in [0.3, 0.4) is 0 Å². The average molecular weight is 342 g/mol. The third-order valence-corrected chi connectivity index (χ3v) is 4.66. The van der Waals surface area contributed by atoms with E-state index in [4.69, 9.17) is 4.42 Å². The molecule has 0 bridgehead atoms. The zero-order valence-electron chi connectivity index (χ0n) is 14.2. The number of hydrogen-bond acceptors (Lipinski definition) is 4. The Hall–Kier alpha value is -2.34. The number of fused-ring (bicyclic) bond motifs is 1. The van der Waals surface area contributed by atoms with Crippen LogP contribution in [0.1, 0.15) is 28.1 Å². The molecule has 0 aliphatic heterocycles. The number of guanidine groups is 1. The maximum absolute atomic E-state index is 5.92. The van der Waals surface area contributed by atoms with Crippen molar-refractivity contribution in [1.82, 2.24) is 15.6 Å². The molecule has 0 radical (unpaired) electrons. The van der Waals surface area contributed by atoms with E-state index in [2.05, 4.69) is 47.4 Å². The first-order valence-electron chi connectivity index (χ1n) is 8.08. The maximum atomic E-state index is 5.92. The number of para-hydroxylation sites is 1. The number of nitrogens with zero attached hydrogens (tertiary/aromatic N) is 2. The summed E-state index contributed by atoms with van der Waals surface area (Å²) in [7, 11) is 0. The number of benzene rings is 1. The largest absolute Gasteiger partial charge is 0.459 e. The van der Waals surface area contributed by atoms with Gasteiger partial charge in [0.15, 0.2) is 5.96 Å². The molecule has 2 heterocycles. The summed E-state index contributed by atoms with van der Waals surface area (Å²) in [4.78, 5) is 10.2. The topological polar surface area (TPSA) is 62.5 Å². The van der Waals surface area contributed by atoms with Crippen molar-refractivity contribution in [2.75, 3.05) is 6.54 Å². The van der Waals surface area contributed by atoms with Gasteiger partial charge in [-0.05, 0) is 26.8 Å². The number of nitrogens with one attached hydrogen (secondary N) is 2. The monoisotopic (exact) mass is 342 g/mol. The highest BCUT2D eigenvalue weighted by Gasteiger charge is 2.09. The Morgan fingerprint density at radius 1 is 1.25 bits per heavy atom. The molecule has 3 aromatic rings. The molecule has 6 heteroatoms. The summed E-state index contributed by atoms with van der Waals surface area (Å²) >= 11 is 1.69. The third-order valence-electron chi connectivity index (χ3n) is 3.74. The van der Waals surface area contributed by atoms with Crippen molar-refractivity contribution in [2.45, 2.75) is 33.9 Å². The van der Waals surface area contributed by atoms with Gasteiger partial charge in [-0.15, -0.1) is 11.3 Å². The second kappa shape index (κ2) is 7.49. The van der Waals surface area contributed by atoms with Gasteiger partial charge in [0, 0.05) is 28.6 Å². The van der Waals surface area contributed by atoms with Crippen LogP contribution in [0.5, 0.6) is 0 Å². The van der Waals surface area contributed by atoms with Gasteiger partial charge in [0.25, 0.3) is 0 Å². The number of furan rings is 1. The number of hydrogen-bond donors (Lipinski definition) is 2. The minimum atomic E-state index is 0.507. The van der Waals surface area contributed by atoms with Gasteiger partial charge in [-0.2, -0.15) is 0 Å². The van der Waals surface area contributed by atoms with Gasteiger partial charge in [0.2, 0.25) is 0 Å². The Bertz CT molecular complexity index is 850. The fraction of sp³-hybridized carbons (Fsp3) is 0.333. The van der Waals surface area contributed by atoms with Gasteiger partial charge in [-0.25, -0.2) is 9.98 Å². The summed E-state index contributed by atoms with van der Waals surface area (Å²) in [6, 6.07) is 8.08. The van der Waals surface area contributed by atoms with E-state index in [1.807, 2.05) is 24.4 Å².